The molecule has 0 bridgehead atoms. The maximum Gasteiger partial charge on any atom is 0.237 e. The van der Waals surface area contributed by atoms with Crippen molar-refractivity contribution >= 4 is 5.91 Å². The summed E-state index contributed by atoms with van der Waals surface area (Å²) < 4.78 is 10.5. The maximum atomic E-state index is 12.0. The van der Waals surface area contributed by atoms with Gasteiger partial charge in [0.25, 0.3) is 0 Å². The smallest absolute Gasteiger partial charge is 0.237 e. The second-order valence-corrected chi connectivity index (χ2v) is 5.11. The van der Waals surface area contributed by atoms with Crippen LogP contribution in [-0.2, 0) is 4.79 Å². The van der Waals surface area contributed by atoms with Crippen LogP contribution in [0.2, 0.25) is 0 Å². The van der Waals surface area contributed by atoms with Gasteiger partial charge in [-0.05, 0) is 25.0 Å². The molecule has 1 rings (SSSR count). The van der Waals surface area contributed by atoms with Crippen molar-refractivity contribution in [2.75, 3.05) is 14.2 Å². The fourth-order valence-electron chi connectivity index (χ4n) is 1.87. The molecule has 3 N–H and O–H groups in total. The van der Waals surface area contributed by atoms with Gasteiger partial charge in [0, 0.05) is 11.6 Å². The first-order valence-corrected chi connectivity index (χ1v) is 6.68. The number of carbonyl (C=O) groups excluding carboxylic acids is 1. The molecule has 20 heavy (non-hydrogen) atoms. The SMILES string of the molecule is COc1ccc(C(C)NC(=O)C(N)C(C)C)c(OC)c1. The van der Waals surface area contributed by atoms with Gasteiger partial charge in [-0.3, -0.25) is 4.79 Å². The van der Waals surface area contributed by atoms with E-state index in [-0.39, 0.29) is 17.9 Å². The van der Waals surface area contributed by atoms with Crippen molar-refractivity contribution in [2.24, 2.45) is 11.7 Å². The van der Waals surface area contributed by atoms with E-state index in [0.717, 1.165) is 5.56 Å². The molecule has 1 aromatic carbocycles. The van der Waals surface area contributed by atoms with Crippen LogP contribution < -0.4 is 20.5 Å². The van der Waals surface area contributed by atoms with E-state index in [9.17, 15) is 4.79 Å². The van der Waals surface area contributed by atoms with Gasteiger partial charge < -0.3 is 20.5 Å². The Morgan fingerprint density at radius 3 is 2.35 bits per heavy atom. The molecule has 0 aromatic heterocycles. The number of ether oxygens (including phenoxy) is 2. The van der Waals surface area contributed by atoms with Crippen molar-refractivity contribution in [1.82, 2.24) is 5.32 Å². The highest BCUT2D eigenvalue weighted by Gasteiger charge is 2.21. The predicted molar refractivity (Wildman–Crippen MR) is 78.9 cm³/mol. The monoisotopic (exact) mass is 280 g/mol. The summed E-state index contributed by atoms with van der Waals surface area (Å²) in [5.41, 5.74) is 6.73. The lowest BCUT2D eigenvalue weighted by Gasteiger charge is -2.21. The Kier molecular flexibility index (Phi) is 5.82. The standard InChI is InChI=1S/C15H24N2O3/c1-9(2)14(16)15(18)17-10(3)12-7-6-11(19-4)8-13(12)20-5/h6-10,14H,16H2,1-5H3,(H,17,18). The van der Waals surface area contributed by atoms with E-state index >= 15 is 0 Å². The second-order valence-electron chi connectivity index (χ2n) is 5.11. The zero-order chi connectivity index (χ0) is 15.3. The number of rotatable bonds is 6. The number of carbonyl (C=O) groups is 1. The Balaban J connectivity index is 2.87. The Hall–Kier alpha value is -1.75. The van der Waals surface area contributed by atoms with Gasteiger partial charge in [0.05, 0.1) is 26.3 Å². The second kappa shape index (κ2) is 7.14. The van der Waals surface area contributed by atoms with Gasteiger partial charge in [-0.1, -0.05) is 13.8 Å². The van der Waals surface area contributed by atoms with Crippen LogP contribution in [0, 0.1) is 5.92 Å². The molecule has 0 fully saturated rings. The van der Waals surface area contributed by atoms with E-state index in [4.69, 9.17) is 15.2 Å². The first-order chi connectivity index (χ1) is 9.40. The molecule has 112 valence electrons. The molecule has 0 aliphatic carbocycles. The normalized spacial score (nSPS) is 13.8. The first kappa shape index (κ1) is 16.3. The van der Waals surface area contributed by atoms with Gasteiger partial charge in [-0.15, -0.1) is 0 Å². The largest absolute Gasteiger partial charge is 0.497 e. The Morgan fingerprint density at radius 2 is 1.85 bits per heavy atom. The van der Waals surface area contributed by atoms with Gasteiger partial charge in [-0.2, -0.15) is 0 Å². The van der Waals surface area contributed by atoms with Crippen molar-refractivity contribution in [3.05, 3.63) is 23.8 Å². The van der Waals surface area contributed by atoms with Crippen molar-refractivity contribution in [2.45, 2.75) is 32.9 Å². The number of nitrogens with one attached hydrogen (secondary N) is 1. The molecule has 0 spiro atoms. The number of methoxy groups -OCH3 is 2. The van der Waals surface area contributed by atoms with E-state index in [2.05, 4.69) is 5.32 Å². The van der Waals surface area contributed by atoms with Crippen LogP contribution in [0.4, 0.5) is 0 Å². The van der Waals surface area contributed by atoms with E-state index in [1.54, 1.807) is 20.3 Å². The minimum atomic E-state index is -0.512. The molecule has 1 aromatic rings. The van der Waals surface area contributed by atoms with Gasteiger partial charge in [-0.25, -0.2) is 0 Å². The summed E-state index contributed by atoms with van der Waals surface area (Å²) in [4.78, 5) is 12.0. The molecule has 0 saturated carbocycles. The molecular formula is C15H24N2O3. The fraction of sp³-hybridized carbons (Fsp3) is 0.533. The van der Waals surface area contributed by atoms with Crippen LogP contribution in [0.3, 0.4) is 0 Å². The maximum absolute atomic E-state index is 12.0. The van der Waals surface area contributed by atoms with Crippen LogP contribution in [0.25, 0.3) is 0 Å². The zero-order valence-corrected chi connectivity index (χ0v) is 12.8. The highest BCUT2D eigenvalue weighted by atomic mass is 16.5. The predicted octanol–water partition coefficient (Wildman–Crippen LogP) is 1.86. The summed E-state index contributed by atoms with van der Waals surface area (Å²) in [5.74, 6) is 1.32. The Labute approximate surface area is 120 Å². The van der Waals surface area contributed by atoms with Gasteiger partial charge in [0.15, 0.2) is 0 Å². The minimum Gasteiger partial charge on any atom is -0.497 e. The number of amides is 1. The molecule has 2 unspecified atom stereocenters. The number of hydrogen-bond acceptors (Lipinski definition) is 4. The average molecular weight is 280 g/mol. The Bertz CT molecular complexity index is 460. The third-order valence-corrected chi connectivity index (χ3v) is 3.29. The molecule has 0 saturated heterocycles. The molecule has 2 atom stereocenters. The molecule has 0 radical (unpaired) electrons. The fourth-order valence-corrected chi connectivity index (χ4v) is 1.87. The first-order valence-electron chi connectivity index (χ1n) is 6.68. The van der Waals surface area contributed by atoms with Crippen LogP contribution in [0.1, 0.15) is 32.4 Å². The van der Waals surface area contributed by atoms with Gasteiger partial charge in [0.1, 0.15) is 11.5 Å². The summed E-state index contributed by atoms with van der Waals surface area (Å²) in [6.45, 7) is 5.74. The van der Waals surface area contributed by atoms with Crippen LogP contribution >= 0.6 is 0 Å². The quantitative estimate of drug-likeness (QED) is 0.834. The summed E-state index contributed by atoms with van der Waals surface area (Å²) in [7, 11) is 3.19. The topological polar surface area (TPSA) is 73.6 Å². The molecule has 5 heteroatoms. The molecule has 0 aliphatic heterocycles. The van der Waals surface area contributed by atoms with Crippen molar-refractivity contribution in [3.8, 4) is 11.5 Å². The third-order valence-electron chi connectivity index (χ3n) is 3.29. The van der Waals surface area contributed by atoms with E-state index < -0.39 is 6.04 Å². The highest BCUT2D eigenvalue weighted by molar-refractivity contribution is 5.82. The van der Waals surface area contributed by atoms with Crippen molar-refractivity contribution in [3.63, 3.8) is 0 Å². The number of benzene rings is 1. The van der Waals surface area contributed by atoms with Crippen LogP contribution in [0.15, 0.2) is 18.2 Å². The summed E-state index contributed by atoms with van der Waals surface area (Å²) in [5, 5.41) is 2.90. The lowest BCUT2D eigenvalue weighted by molar-refractivity contribution is -0.123. The van der Waals surface area contributed by atoms with Crippen molar-refractivity contribution in [1.29, 1.82) is 0 Å². The zero-order valence-electron chi connectivity index (χ0n) is 12.8. The van der Waals surface area contributed by atoms with Gasteiger partial charge in [0.2, 0.25) is 5.91 Å². The lowest BCUT2D eigenvalue weighted by Crippen LogP contribution is -2.44. The van der Waals surface area contributed by atoms with Gasteiger partial charge >= 0.3 is 0 Å². The molecule has 1 amide bonds. The van der Waals surface area contributed by atoms with E-state index in [1.807, 2.05) is 32.9 Å². The molecule has 0 aliphatic rings. The third kappa shape index (κ3) is 3.87. The molecular weight excluding hydrogens is 256 g/mol. The van der Waals surface area contributed by atoms with Crippen LogP contribution in [0.5, 0.6) is 11.5 Å². The number of hydrogen-bond donors (Lipinski definition) is 2. The molecule has 0 heterocycles. The lowest BCUT2D eigenvalue weighted by atomic mass is 10.0. The number of nitrogens with two attached hydrogens (primary N) is 1. The Morgan fingerprint density at radius 1 is 1.20 bits per heavy atom. The minimum absolute atomic E-state index is 0.0972. The van der Waals surface area contributed by atoms with E-state index in [0.29, 0.717) is 11.5 Å². The summed E-state index contributed by atoms with van der Waals surface area (Å²) in [6.07, 6.45) is 0. The van der Waals surface area contributed by atoms with Crippen LogP contribution in [-0.4, -0.2) is 26.2 Å². The van der Waals surface area contributed by atoms with E-state index in [1.165, 1.54) is 0 Å². The highest BCUT2D eigenvalue weighted by Crippen LogP contribution is 2.29. The van der Waals surface area contributed by atoms with Crippen molar-refractivity contribution < 1.29 is 14.3 Å². The average Bonchev–Trinajstić information content (AvgIpc) is 2.45. The summed E-state index contributed by atoms with van der Waals surface area (Å²) >= 11 is 0. The molecule has 5 nitrogen and oxygen atoms in total. The summed E-state index contributed by atoms with van der Waals surface area (Å²) in [6, 6.07) is 4.81.